The maximum absolute atomic E-state index is 11.6. The smallest absolute Gasteiger partial charge is 0.303 e. The van der Waals surface area contributed by atoms with Crippen LogP contribution in [0.5, 0.6) is 0 Å². The minimum absolute atomic E-state index is 0.0276. The molecular weight excluding hydrogens is 1140 g/mol. The second-order valence-electron chi connectivity index (χ2n) is 24.0. The number of nitrogens with one attached hydrogen (secondary N) is 8. The summed E-state index contributed by atoms with van der Waals surface area (Å²) in [5.74, 6) is -3.54. The van der Waals surface area contributed by atoms with Gasteiger partial charge in [-0.05, 0) is 224 Å². The van der Waals surface area contributed by atoms with Crippen LogP contribution in [0.15, 0.2) is 0 Å². The molecule has 0 aromatic carbocycles. The van der Waals surface area contributed by atoms with Gasteiger partial charge in [0.1, 0.15) is 0 Å². The van der Waals surface area contributed by atoms with Gasteiger partial charge >= 0.3 is 23.9 Å². The first kappa shape index (κ1) is 65.4. The van der Waals surface area contributed by atoms with Crippen LogP contribution in [0, 0.1) is 55.4 Å². The molecule has 10 rings (SSSR count). The van der Waals surface area contributed by atoms with Gasteiger partial charge in [0, 0.05) is 151 Å². The van der Waals surface area contributed by atoms with E-state index in [0.717, 1.165) is 177 Å². The molecular formula is C70H84N8O12. The molecule has 20 nitrogen and oxygen atoms in total. The number of carboxylic acid groups (broad SMARTS) is 4. The Morgan fingerprint density at radius 3 is 0.889 bits per heavy atom. The summed E-state index contributed by atoms with van der Waals surface area (Å²) in [6.45, 7) is 23.5. The van der Waals surface area contributed by atoms with Crippen LogP contribution in [0.25, 0.3) is 48.6 Å². The van der Waals surface area contributed by atoms with E-state index in [4.69, 9.17) is 9.47 Å². The standard InChI is InChI=1S/2C35H42N4O6/c1-16-22(8-10-32(41)42)28-15-29-23(9-11-33(43)44)17(2)25(37-29)13-30-34(20(5)40)18(3)27(38-30)14-31-35(21(6)45-7)19(4)26(39-31)12-24(16)36-28;1-16-22(8-10-32(41)42)28-15-29-23(9-11-33(43)44)17(2)25(37-29)13-31-35(21(6)45-7)19(4)27(39-31)14-30-34(20(5)40)18(3)26(38-30)12-24(16)36-28/h2*12-15,20-21,36-40H,8-11H2,1-7H3,(H,41,42)(H,43,44). The number of ether oxygens (including phenoxy) is 2. The second kappa shape index (κ2) is 26.6. The molecule has 90 heavy (non-hydrogen) atoms. The number of aromatic nitrogens is 8. The van der Waals surface area contributed by atoms with Gasteiger partial charge in [-0.2, -0.15) is 0 Å². The van der Waals surface area contributed by atoms with Crippen LogP contribution in [0.2, 0.25) is 0 Å². The fraction of sp³-hybridized carbons (Fsp3) is 0.371. The summed E-state index contributed by atoms with van der Waals surface area (Å²) in [4.78, 5) is 74.7. The summed E-state index contributed by atoms with van der Waals surface area (Å²) < 4.78 is 11.6. The Morgan fingerprint density at radius 1 is 0.322 bits per heavy atom. The molecule has 4 unspecified atom stereocenters. The van der Waals surface area contributed by atoms with E-state index in [2.05, 4.69) is 46.8 Å². The van der Waals surface area contributed by atoms with Crippen LogP contribution in [0.4, 0.5) is 0 Å². The minimum atomic E-state index is -0.889. The third kappa shape index (κ3) is 13.1. The summed E-state index contributed by atoms with van der Waals surface area (Å²) in [5.41, 5.74) is 21.1. The van der Waals surface area contributed by atoms with Crippen LogP contribution in [-0.4, -0.2) is 109 Å². The third-order valence-electron chi connectivity index (χ3n) is 18.3. The van der Waals surface area contributed by atoms with E-state index in [1.54, 1.807) is 28.1 Å². The second-order valence-corrected chi connectivity index (χ2v) is 24.0. The number of H-pyrrole nitrogens is 8. The molecule has 0 fully saturated rings. The van der Waals surface area contributed by atoms with E-state index in [1.165, 1.54) is 0 Å². The first-order valence-electron chi connectivity index (χ1n) is 30.4. The van der Waals surface area contributed by atoms with Gasteiger partial charge in [0.05, 0.1) is 24.4 Å². The number of carbonyl (C=O) groups is 4. The van der Waals surface area contributed by atoms with Crippen molar-refractivity contribution in [1.29, 1.82) is 0 Å². The molecule has 10 heterocycles. The van der Waals surface area contributed by atoms with Gasteiger partial charge in [-0.15, -0.1) is 0 Å². The SMILES string of the molecule is COC(C)c1c(C)c2[nH]c1=Cc1[nH]c(c(C(C)O)c1C)C=c1[nH]c(c(CCC(=O)O)c1C)=Cc1[nH]c(c(C)c1CCC(=O)O)C=2.COC(C)c1c(C)c2[nH]c1=Cc1[nH]c(c(CCC(=O)O)c1C)C=c1[nH]c(c(C)c1CCC(=O)O)=Cc1[nH]c(c(C(C)O)c1C)C=2. The summed E-state index contributed by atoms with van der Waals surface area (Å²) in [5, 5.41) is 66.4. The van der Waals surface area contributed by atoms with Gasteiger partial charge in [0.15, 0.2) is 0 Å². The zero-order chi connectivity index (χ0) is 65.5. The van der Waals surface area contributed by atoms with Gasteiger partial charge in [0.25, 0.3) is 0 Å². The molecule has 0 amide bonds. The lowest BCUT2D eigenvalue weighted by Gasteiger charge is -2.09. The Balaban J connectivity index is 0.000000213. The quantitative estimate of drug-likeness (QED) is 0.0520. The van der Waals surface area contributed by atoms with Crippen molar-refractivity contribution in [3.63, 3.8) is 0 Å². The number of aliphatic hydroxyl groups excluding tert-OH is 2. The molecule has 0 saturated carbocycles. The van der Waals surface area contributed by atoms with E-state index in [9.17, 15) is 49.8 Å². The van der Waals surface area contributed by atoms with E-state index in [0.29, 0.717) is 25.7 Å². The van der Waals surface area contributed by atoms with Crippen molar-refractivity contribution in [2.75, 3.05) is 14.2 Å². The maximum Gasteiger partial charge on any atom is 0.303 e. The summed E-state index contributed by atoms with van der Waals surface area (Å²) in [7, 11) is 3.36. The van der Waals surface area contributed by atoms with E-state index in [-0.39, 0.29) is 37.9 Å². The van der Waals surface area contributed by atoms with Crippen LogP contribution >= 0.6 is 0 Å². The minimum Gasteiger partial charge on any atom is -0.481 e. The normalized spacial score (nSPS) is 13.8. The summed E-state index contributed by atoms with van der Waals surface area (Å²) >= 11 is 0. The van der Waals surface area contributed by atoms with Crippen molar-refractivity contribution < 1.29 is 59.3 Å². The average molecular weight is 1230 g/mol. The number of aromatic amines is 8. The summed E-state index contributed by atoms with van der Waals surface area (Å²) in [6, 6.07) is 0. The van der Waals surface area contributed by atoms with Crippen molar-refractivity contribution in [3.8, 4) is 0 Å². The molecule has 2 aliphatic rings. The number of hydrogen-bond donors (Lipinski definition) is 14. The highest BCUT2D eigenvalue weighted by Gasteiger charge is 2.24. The Bertz CT molecular complexity index is 4690. The van der Waals surface area contributed by atoms with Crippen molar-refractivity contribution in [2.24, 2.45) is 0 Å². The molecule has 8 aromatic heterocycles. The van der Waals surface area contributed by atoms with Crippen LogP contribution in [-0.2, 0) is 54.3 Å². The van der Waals surface area contributed by atoms with Gasteiger partial charge in [-0.3, -0.25) is 19.2 Å². The van der Waals surface area contributed by atoms with Crippen LogP contribution < -0.4 is 42.8 Å². The number of carboxylic acids is 4. The number of hydrogen-bond acceptors (Lipinski definition) is 8. The fourth-order valence-corrected chi connectivity index (χ4v) is 13.2. The highest BCUT2D eigenvalue weighted by atomic mass is 16.5. The Hall–Kier alpha value is -9.08. The Labute approximate surface area is 519 Å². The molecule has 2 aliphatic heterocycles. The fourth-order valence-electron chi connectivity index (χ4n) is 13.2. The molecule has 0 saturated heterocycles. The van der Waals surface area contributed by atoms with Crippen LogP contribution in [0.3, 0.4) is 0 Å². The summed E-state index contributed by atoms with van der Waals surface area (Å²) in [6.07, 6.45) is 15.3. The zero-order valence-electron chi connectivity index (χ0n) is 53.7. The van der Waals surface area contributed by atoms with Gasteiger partial charge < -0.3 is 80.0 Å². The van der Waals surface area contributed by atoms with Crippen molar-refractivity contribution in [3.05, 3.63) is 177 Å². The molecule has 16 bridgehead atoms. The predicted molar refractivity (Wildman–Crippen MR) is 346 cm³/mol. The molecule has 20 heteroatoms. The number of rotatable bonds is 18. The molecule has 8 aromatic rings. The lowest BCUT2D eigenvalue weighted by Crippen LogP contribution is -2.15. The first-order valence-corrected chi connectivity index (χ1v) is 30.4. The third-order valence-corrected chi connectivity index (χ3v) is 18.3. The van der Waals surface area contributed by atoms with Crippen LogP contribution in [0.1, 0.15) is 212 Å². The van der Waals surface area contributed by atoms with E-state index < -0.39 is 36.1 Å². The molecule has 476 valence electrons. The largest absolute Gasteiger partial charge is 0.481 e. The maximum atomic E-state index is 11.6. The number of methoxy groups -OCH3 is 2. The average Bonchev–Trinajstić information content (AvgIpc) is 1.65. The monoisotopic (exact) mass is 1230 g/mol. The first-order chi connectivity index (χ1) is 42.6. The molecule has 4 atom stereocenters. The highest BCUT2D eigenvalue weighted by Crippen LogP contribution is 2.30. The van der Waals surface area contributed by atoms with Crippen molar-refractivity contribution >= 4 is 72.5 Å². The highest BCUT2D eigenvalue weighted by molar-refractivity contribution is 5.72. The Kier molecular flexibility index (Phi) is 19.3. The van der Waals surface area contributed by atoms with Crippen molar-refractivity contribution in [2.45, 2.75) is 159 Å². The molecule has 0 aliphatic carbocycles. The molecule has 0 radical (unpaired) electrons. The zero-order valence-corrected chi connectivity index (χ0v) is 53.7. The topological polar surface area (TPSA) is 334 Å². The lowest BCUT2D eigenvalue weighted by molar-refractivity contribution is -0.138. The predicted octanol–water partition coefficient (Wildman–Crippen LogP) is 5.31. The molecule has 14 N–H and O–H groups in total. The number of aliphatic hydroxyl groups is 2. The number of aliphatic carboxylic acids is 4. The number of fused-ring (bicyclic) bond motifs is 16. The van der Waals surface area contributed by atoms with Gasteiger partial charge in [-0.1, -0.05) is 0 Å². The van der Waals surface area contributed by atoms with Crippen molar-refractivity contribution in [1.82, 2.24) is 39.9 Å². The van der Waals surface area contributed by atoms with E-state index >= 15 is 0 Å². The Morgan fingerprint density at radius 2 is 0.578 bits per heavy atom. The molecule has 0 spiro atoms. The lowest BCUT2D eigenvalue weighted by atomic mass is 10.0. The van der Waals surface area contributed by atoms with Gasteiger partial charge in [-0.25, -0.2) is 0 Å². The van der Waals surface area contributed by atoms with Gasteiger partial charge in [0.2, 0.25) is 0 Å². The van der Waals surface area contributed by atoms with E-state index in [1.807, 2.05) is 111 Å².